The average molecular weight is 1110 g/mol. The van der Waals surface area contributed by atoms with Gasteiger partial charge in [-0.3, -0.25) is 0 Å². The molecule has 1 radical (unpaired) electrons. The molecule has 8 nitrogen and oxygen atoms in total. The minimum Gasteiger partial charge on any atom is -0.324 e. The van der Waals surface area contributed by atoms with Crippen LogP contribution in [0.2, 0.25) is 0 Å². The summed E-state index contributed by atoms with van der Waals surface area (Å²) < 4.78 is 82.7. The van der Waals surface area contributed by atoms with Gasteiger partial charge in [-0.2, -0.15) is 14.0 Å². The zero-order valence-electron chi connectivity index (χ0n) is 43.4. The molecule has 0 aliphatic heterocycles. The molecule has 0 aromatic carbocycles. The summed E-state index contributed by atoms with van der Waals surface area (Å²) in [6, 6.07) is 0. The molecule has 0 aliphatic rings. The van der Waals surface area contributed by atoms with Crippen molar-refractivity contribution in [3.05, 3.63) is 0 Å². The summed E-state index contributed by atoms with van der Waals surface area (Å²) in [5.74, 6) is 0. The summed E-state index contributed by atoms with van der Waals surface area (Å²) in [4.78, 5) is 0. The van der Waals surface area contributed by atoms with E-state index in [1.165, 1.54) is 77.0 Å². The van der Waals surface area contributed by atoms with Gasteiger partial charge in [-0.25, -0.2) is 0 Å². The van der Waals surface area contributed by atoms with Crippen molar-refractivity contribution in [3.63, 3.8) is 0 Å². The Labute approximate surface area is 425 Å². The molecule has 0 amide bonds. The number of unbranched alkanes of at least 4 members (excludes halogenated alkanes) is 12. The maximum atomic E-state index is 12.5. The van der Waals surface area contributed by atoms with Gasteiger partial charge in [0.15, 0.2) is 0 Å². The Balaban J connectivity index is -0.000000161. The third-order valence-electron chi connectivity index (χ3n) is 11.0. The summed E-state index contributed by atoms with van der Waals surface area (Å²) in [6.45, 7) is 26.2. The number of rotatable bonds is 36. The van der Waals surface area contributed by atoms with E-state index in [4.69, 9.17) is 18.6 Å². The SMILES string of the molecule is CCCCP(=O)(CCCC)CCCC.CCCCP(=O)(CCCC)CCCC.CCCCP(=O)(CCCC)CCCC.CCCCP(=O)(CCCC)CCCC.[Ce+3].[O-][Cl+3]([O-])([O-])O. The van der Waals surface area contributed by atoms with E-state index >= 15 is 0 Å². The van der Waals surface area contributed by atoms with E-state index in [1.54, 1.807) is 0 Å². The first-order chi connectivity index (χ1) is 28.7. The molecular weight excluding hydrogens is 1000 g/mol. The predicted octanol–water partition coefficient (Wildman–Crippen LogP) is 14.9. The zero-order valence-corrected chi connectivity index (χ0v) is 50.9. The fourth-order valence-corrected chi connectivity index (χ4v) is 20.1. The van der Waals surface area contributed by atoms with Crippen LogP contribution in [0.1, 0.15) is 237 Å². The second-order valence-electron chi connectivity index (χ2n) is 17.6. The van der Waals surface area contributed by atoms with Crippen LogP contribution in [-0.2, 0) is 18.3 Å². The van der Waals surface area contributed by atoms with Crippen LogP contribution in [0.15, 0.2) is 0 Å². The maximum Gasteiger partial charge on any atom is 3.00 e. The fraction of sp³-hybridized carbons (Fsp3) is 1.00. The minimum absolute atomic E-state index is 0. The molecule has 0 fully saturated rings. The first kappa shape index (κ1) is 75.9. The number of hydrogen-bond acceptors (Lipinski definition) is 8. The second kappa shape index (κ2) is 52.8. The Morgan fingerprint density at radius 2 is 0.339 bits per heavy atom. The van der Waals surface area contributed by atoms with Crippen LogP contribution in [0.5, 0.6) is 0 Å². The van der Waals surface area contributed by atoms with Gasteiger partial charge in [-0.15, -0.1) is 0 Å². The van der Waals surface area contributed by atoms with Gasteiger partial charge in [-0.05, 0) is 77.0 Å². The third kappa shape index (κ3) is 60.4. The Kier molecular flexibility index (Phi) is 64.6. The largest absolute Gasteiger partial charge is 3.00 e. The van der Waals surface area contributed by atoms with Crippen LogP contribution >= 0.6 is 28.6 Å². The average Bonchev–Trinajstić information content (AvgIpc) is 3.23. The Hall–Kier alpha value is 2.43. The molecule has 0 aliphatic carbocycles. The zero-order chi connectivity index (χ0) is 48.0. The van der Waals surface area contributed by atoms with Crippen LogP contribution < -0.4 is 14.0 Å². The monoisotopic (exact) mass is 1110 g/mol. The van der Waals surface area contributed by atoms with E-state index in [-0.39, 0.29) is 41.7 Å². The first-order valence-electron chi connectivity index (χ1n) is 25.6. The Morgan fingerprint density at radius 1 is 0.274 bits per heavy atom. The van der Waals surface area contributed by atoms with Crippen molar-refractivity contribution in [1.82, 2.24) is 0 Å². The van der Waals surface area contributed by atoms with Crippen molar-refractivity contribution in [2.45, 2.75) is 237 Å². The van der Waals surface area contributed by atoms with Crippen LogP contribution in [-0.4, -0.2) is 78.6 Å². The van der Waals surface area contributed by atoms with Crippen molar-refractivity contribution in [2.24, 2.45) is 0 Å². The van der Waals surface area contributed by atoms with E-state index in [9.17, 15) is 18.3 Å². The molecule has 62 heavy (non-hydrogen) atoms. The summed E-state index contributed by atoms with van der Waals surface area (Å²) in [5, 5.41) is 0. The molecular formula is C48H109CeClO8P4+3. The Bertz CT molecular complexity index is 806. The van der Waals surface area contributed by atoms with Gasteiger partial charge in [0.2, 0.25) is 0 Å². The van der Waals surface area contributed by atoms with Crippen molar-refractivity contribution in [2.75, 3.05) is 73.9 Å². The van der Waals surface area contributed by atoms with Gasteiger partial charge in [0.05, 0.1) is 43.5 Å². The van der Waals surface area contributed by atoms with E-state index in [0.717, 1.165) is 151 Å². The molecule has 0 aromatic rings. The second-order valence-corrected chi connectivity index (χ2v) is 32.2. The number of hydrogen-bond donors (Lipinski definition) is 1. The topological polar surface area (TPSA) is 158 Å². The minimum atomic E-state index is -4.69. The normalized spacial score (nSPS) is 11.7. The smallest absolute Gasteiger partial charge is 0.324 e. The molecule has 0 spiro atoms. The standard InChI is InChI=1S/4C12H27OP.Ce.ClHO4/c4*1-4-7-10-14(13,11-8-5-2)12-9-6-3;;2-1(3,4)5/h4*4-12H2,1-3H3;;(H,2,3,4,5)/q;;;;+3;. The Morgan fingerprint density at radius 3 is 0.387 bits per heavy atom. The summed E-state index contributed by atoms with van der Waals surface area (Å²) >= 11 is 0. The quantitative estimate of drug-likeness (QED) is 0.0608. The molecule has 0 unspecified atom stereocenters. The first-order valence-corrected chi connectivity index (χ1v) is 36.0. The van der Waals surface area contributed by atoms with Gasteiger partial charge >= 0.3 is 41.7 Å². The molecule has 0 aromatic heterocycles. The van der Waals surface area contributed by atoms with Gasteiger partial charge in [0, 0.05) is 73.9 Å². The number of halogens is 1. The molecule has 0 atom stereocenters. The molecule has 0 heterocycles. The molecule has 0 bridgehead atoms. The summed E-state index contributed by atoms with van der Waals surface area (Å²) in [6.07, 6.45) is 40.1. The van der Waals surface area contributed by atoms with Crippen LogP contribution in [0.4, 0.5) is 0 Å². The van der Waals surface area contributed by atoms with Gasteiger partial charge in [0.25, 0.3) is 0 Å². The van der Waals surface area contributed by atoms with Gasteiger partial charge in [-0.1, -0.05) is 160 Å². The van der Waals surface area contributed by atoms with E-state index in [2.05, 4.69) is 83.1 Å². The van der Waals surface area contributed by atoms with Crippen LogP contribution in [0, 0.1) is 52.0 Å². The summed E-state index contributed by atoms with van der Waals surface area (Å²) in [5.41, 5.74) is 0. The van der Waals surface area contributed by atoms with Crippen molar-refractivity contribution < 1.29 is 88.9 Å². The molecule has 0 saturated carbocycles. The van der Waals surface area contributed by atoms with Gasteiger partial charge in [0.1, 0.15) is 0 Å². The van der Waals surface area contributed by atoms with Crippen LogP contribution in [0.3, 0.4) is 0 Å². The fourth-order valence-electron chi connectivity index (χ4n) is 6.70. The molecule has 0 rings (SSSR count). The third-order valence-corrected chi connectivity index (χ3v) is 24.6. The molecule has 14 heteroatoms. The van der Waals surface area contributed by atoms with E-state index in [1.807, 2.05) is 0 Å². The van der Waals surface area contributed by atoms with Crippen LogP contribution in [0.25, 0.3) is 0 Å². The van der Waals surface area contributed by atoms with Crippen molar-refractivity contribution in [1.29, 1.82) is 0 Å². The van der Waals surface area contributed by atoms with Gasteiger partial charge < -0.3 is 18.3 Å². The molecule has 377 valence electrons. The van der Waals surface area contributed by atoms with E-state index in [0.29, 0.717) is 0 Å². The predicted molar refractivity (Wildman–Crippen MR) is 270 cm³/mol. The summed E-state index contributed by atoms with van der Waals surface area (Å²) in [7, 11) is -11.8. The van der Waals surface area contributed by atoms with Crippen molar-refractivity contribution >= 4 is 28.6 Å². The maximum absolute atomic E-state index is 12.5. The molecule has 0 saturated heterocycles. The molecule has 1 N–H and O–H groups in total. The van der Waals surface area contributed by atoms with E-state index < -0.39 is 38.8 Å². The van der Waals surface area contributed by atoms with Crippen molar-refractivity contribution in [3.8, 4) is 0 Å².